The zero-order valence-electron chi connectivity index (χ0n) is 10.9. The molecule has 0 aliphatic carbocycles. The summed E-state index contributed by atoms with van der Waals surface area (Å²) in [7, 11) is 0. The third-order valence-electron chi connectivity index (χ3n) is 1.85. The Balaban J connectivity index is 0.000000509. The molecule has 0 unspecified atom stereocenters. The van der Waals surface area contributed by atoms with Crippen LogP contribution in [0.15, 0.2) is 36.7 Å². The van der Waals surface area contributed by atoms with Crippen molar-refractivity contribution in [1.29, 1.82) is 0 Å². The van der Waals surface area contributed by atoms with Gasteiger partial charge in [-0.25, -0.2) is 0 Å². The summed E-state index contributed by atoms with van der Waals surface area (Å²) in [4.78, 5) is 0. The van der Waals surface area contributed by atoms with Crippen molar-refractivity contribution in [2.24, 2.45) is 0 Å². The van der Waals surface area contributed by atoms with Crippen molar-refractivity contribution >= 4 is 0 Å². The normalized spacial score (nSPS) is 8.31. The van der Waals surface area contributed by atoms with Gasteiger partial charge in [-0.1, -0.05) is 57.5 Å². The number of hydrogen-bond donors (Lipinski definition) is 1. The van der Waals surface area contributed by atoms with Crippen molar-refractivity contribution in [3.05, 3.63) is 42.2 Å². The van der Waals surface area contributed by atoms with E-state index in [0.717, 1.165) is 5.56 Å². The highest BCUT2D eigenvalue weighted by Crippen LogP contribution is 2.17. The molecule has 1 heterocycles. The van der Waals surface area contributed by atoms with Crippen LogP contribution in [0, 0.1) is 6.92 Å². The quantitative estimate of drug-likeness (QED) is 0.753. The second kappa shape index (κ2) is 8.72. The summed E-state index contributed by atoms with van der Waals surface area (Å²) in [6.45, 7) is 10.1. The molecule has 2 heteroatoms. The van der Waals surface area contributed by atoms with Crippen molar-refractivity contribution in [2.75, 3.05) is 0 Å². The van der Waals surface area contributed by atoms with Crippen LogP contribution in [0.3, 0.4) is 0 Å². The molecule has 0 atom stereocenters. The molecule has 0 aliphatic rings. The standard InChI is InChI=1S/C10H10N2.2C2H6/c1-8-3-2-4-9(5-8)10-6-11-12-7-10;2*1-2/h2-7H,1H3,(H,11,12);2*1-2H3. The summed E-state index contributed by atoms with van der Waals surface area (Å²) < 4.78 is 0. The summed E-state index contributed by atoms with van der Waals surface area (Å²) in [6, 6.07) is 8.37. The minimum Gasteiger partial charge on any atom is -0.285 e. The summed E-state index contributed by atoms with van der Waals surface area (Å²) in [5.41, 5.74) is 3.62. The Morgan fingerprint density at radius 3 is 2.19 bits per heavy atom. The Labute approximate surface area is 98.7 Å². The molecule has 0 saturated heterocycles. The maximum atomic E-state index is 3.90. The van der Waals surface area contributed by atoms with Gasteiger partial charge in [-0.3, -0.25) is 5.10 Å². The minimum atomic E-state index is 1.14. The van der Waals surface area contributed by atoms with E-state index in [1.54, 1.807) is 0 Å². The molecule has 0 amide bonds. The molecule has 88 valence electrons. The highest BCUT2D eigenvalue weighted by molar-refractivity contribution is 5.62. The van der Waals surface area contributed by atoms with Crippen molar-refractivity contribution in [3.8, 4) is 11.1 Å². The van der Waals surface area contributed by atoms with Gasteiger partial charge in [0.15, 0.2) is 0 Å². The average Bonchev–Trinajstić information content (AvgIpc) is 2.88. The number of hydrogen-bond acceptors (Lipinski definition) is 1. The highest BCUT2D eigenvalue weighted by Gasteiger charge is 1.96. The number of nitrogens with one attached hydrogen (secondary N) is 1. The Morgan fingerprint density at radius 1 is 1.00 bits per heavy atom. The van der Waals surface area contributed by atoms with Gasteiger partial charge in [-0.15, -0.1) is 0 Å². The van der Waals surface area contributed by atoms with Gasteiger partial charge in [0.1, 0.15) is 0 Å². The predicted octanol–water partition coefficient (Wildman–Crippen LogP) is 4.44. The van der Waals surface area contributed by atoms with E-state index in [9.17, 15) is 0 Å². The van der Waals surface area contributed by atoms with Crippen LogP contribution in [-0.2, 0) is 0 Å². The Bertz CT molecular complexity index is 364. The molecule has 1 aromatic heterocycles. The van der Waals surface area contributed by atoms with Crippen LogP contribution in [0.4, 0.5) is 0 Å². The first kappa shape index (κ1) is 14.4. The van der Waals surface area contributed by atoms with Crippen LogP contribution in [0.25, 0.3) is 11.1 Å². The van der Waals surface area contributed by atoms with Gasteiger partial charge in [0.2, 0.25) is 0 Å². The van der Waals surface area contributed by atoms with Gasteiger partial charge in [-0.05, 0) is 12.5 Å². The van der Waals surface area contributed by atoms with E-state index in [0.29, 0.717) is 0 Å². The number of aryl methyl sites for hydroxylation is 1. The number of aromatic nitrogens is 2. The molecular formula is C14H22N2. The van der Waals surface area contributed by atoms with Gasteiger partial charge in [0.05, 0.1) is 6.20 Å². The van der Waals surface area contributed by atoms with Gasteiger partial charge in [0.25, 0.3) is 0 Å². The van der Waals surface area contributed by atoms with E-state index in [4.69, 9.17) is 0 Å². The van der Waals surface area contributed by atoms with Crippen LogP contribution < -0.4 is 0 Å². The maximum Gasteiger partial charge on any atom is 0.0565 e. The van der Waals surface area contributed by atoms with Gasteiger partial charge >= 0.3 is 0 Å². The van der Waals surface area contributed by atoms with Crippen molar-refractivity contribution in [1.82, 2.24) is 10.2 Å². The first-order valence-corrected chi connectivity index (χ1v) is 5.92. The first-order valence-electron chi connectivity index (χ1n) is 5.92. The third kappa shape index (κ3) is 4.30. The summed E-state index contributed by atoms with van der Waals surface area (Å²) in [5.74, 6) is 0. The fourth-order valence-corrected chi connectivity index (χ4v) is 1.23. The molecule has 0 saturated carbocycles. The molecule has 1 N–H and O–H groups in total. The van der Waals surface area contributed by atoms with Crippen LogP contribution >= 0.6 is 0 Å². The van der Waals surface area contributed by atoms with Gasteiger partial charge in [-0.2, -0.15) is 5.10 Å². The van der Waals surface area contributed by atoms with E-state index in [1.807, 2.05) is 40.1 Å². The van der Waals surface area contributed by atoms with E-state index >= 15 is 0 Å². The highest BCUT2D eigenvalue weighted by atomic mass is 15.1. The van der Waals surface area contributed by atoms with Crippen LogP contribution in [0.2, 0.25) is 0 Å². The smallest absolute Gasteiger partial charge is 0.0565 e. The Hall–Kier alpha value is -1.57. The molecule has 2 nitrogen and oxygen atoms in total. The molecular weight excluding hydrogens is 196 g/mol. The van der Waals surface area contributed by atoms with E-state index in [-0.39, 0.29) is 0 Å². The van der Waals surface area contributed by atoms with Crippen LogP contribution in [-0.4, -0.2) is 10.2 Å². The molecule has 0 fully saturated rings. The lowest BCUT2D eigenvalue weighted by atomic mass is 10.1. The summed E-state index contributed by atoms with van der Waals surface area (Å²) in [5, 5.41) is 6.70. The lowest BCUT2D eigenvalue weighted by Gasteiger charge is -1.97. The van der Waals surface area contributed by atoms with Gasteiger partial charge < -0.3 is 0 Å². The van der Waals surface area contributed by atoms with Crippen molar-refractivity contribution in [2.45, 2.75) is 34.6 Å². The van der Waals surface area contributed by atoms with Crippen LogP contribution in [0.1, 0.15) is 33.3 Å². The second-order valence-corrected chi connectivity index (χ2v) is 2.86. The maximum absolute atomic E-state index is 3.90. The van der Waals surface area contributed by atoms with Crippen LogP contribution in [0.5, 0.6) is 0 Å². The number of H-pyrrole nitrogens is 1. The van der Waals surface area contributed by atoms with Crippen molar-refractivity contribution < 1.29 is 0 Å². The first-order chi connectivity index (χ1) is 7.86. The number of rotatable bonds is 1. The molecule has 16 heavy (non-hydrogen) atoms. The Kier molecular flexibility index (Phi) is 7.86. The molecule has 0 aliphatic heterocycles. The van der Waals surface area contributed by atoms with E-state index in [2.05, 4.69) is 41.4 Å². The van der Waals surface area contributed by atoms with E-state index in [1.165, 1.54) is 11.1 Å². The zero-order valence-corrected chi connectivity index (χ0v) is 10.9. The number of aromatic amines is 1. The third-order valence-corrected chi connectivity index (χ3v) is 1.85. The molecule has 0 radical (unpaired) electrons. The largest absolute Gasteiger partial charge is 0.285 e. The average molecular weight is 218 g/mol. The topological polar surface area (TPSA) is 28.7 Å². The summed E-state index contributed by atoms with van der Waals surface area (Å²) >= 11 is 0. The SMILES string of the molecule is CC.CC.Cc1cccc(-c2cn[nH]c2)c1. The lowest BCUT2D eigenvalue weighted by molar-refractivity contribution is 1.09. The molecule has 0 spiro atoms. The number of benzene rings is 1. The zero-order chi connectivity index (χ0) is 12.4. The molecule has 2 rings (SSSR count). The molecule has 2 aromatic rings. The van der Waals surface area contributed by atoms with E-state index < -0.39 is 0 Å². The predicted molar refractivity (Wildman–Crippen MR) is 71.5 cm³/mol. The molecule has 0 bridgehead atoms. The number of nitrogens with zero attached hydrogens (tertiary/aromatic N) is 1. The molecule has 1 aromatic carbocycles. The fraction of sp³-hybridized carbons (Fsp3) is 0.357. The monoisotopic (exact) mass is 218 g/mol. The Morgan fingerprint density at radius 2 is 1.69 bits per heavy atom. The fourth-order valence-electron chi connectivity index (χ4n) is 1.23. The lowest BCUT2D eigenvalue weighted by Crippen LogP contribution is -1.75. The van der Waals surface area contributed by atoms with Crippen molar-refractivity contribution in [3.63, 3.8) is 0 Å². The van der Waals surface area contributed by atoms with Gasteiger partial charge in [0, 0.05) is 11.8 Å². The summed E-state index contributed by atoms with van der Waals surface area (Å²) in [6.07, 6.45) is 3.73. The minimum absolute atomic E-state index is 1.14. The second-order valence-electron chi connectivity index (χ2n) is 2.86.